The van der Waals surface area contributed by atoms with Crippen molar-refractivity contribution in [3.05, 3.63) is 95.1 Å². The molecule has 0 radical (unpaired) electrons. The van der Waals surface area contributed by atoms with Gasteiger partial charge in [-0.25, -0.2) is 0 Å². The third kappa shape index (κ3) is 5.56. The average Bonchev–Trinajstić information content (AvgIpc) is 3.19. The van der Waals surface area contributed by atoms with Gasteiger partial charge in [-0.15, -0.1) is 11.8 Å². The largest absolute Gasteiger partial charge is 0.338 e. The number of rotatable bonds is 7. The van der Waals surface area contributed by atoms with Crippen LogP contribution in [0.25, 0.3) is 0 Å². The van der Waals surface area contributed by atoms with E-state index in [9.17, 15) is 9.59 Å². The smallest absolute Gasteiger partial charge is 0.255 e. The number of thioether (sulfide) groups is 1. The maximum atomic E-state index is 12.7. The number of carbonyl (C=O) groups is 2. The molecule has 1 heterocycles. The van der Waals surface area contributed by atoms with Gasteiger partial charge in [0.25, 0.3) is 5.91 Å². The van der Waals surface area contributed by atoms with Crippen LogP contribution in [-0.2, 0) is 17.1 Å². The van der Waals surface area contributed by atoms with Gasteiger partial charge in [0, 0.05) is 41.4 Å². The number of nitrogens with zero attached hydrogens (tertiary/aromatic N) is 1. The molecule has 0 atom stereocenters. The van der Waals surface area contributed by atoms with Gasteiger partial charge in [0.1, 0.15) is 0 Å². The zero-order valence-corrected chi connectivity index (χ0v) is 18.5. The number of amides is 2. The number of likely N-dealkylation sites (tertiary alicyclic amines) is 1. The third-order valence-electron chi connectivity index (χ3n) is 5.45. The molecule has 4 nitrogen and oxygen atoms in total. The molecule has 1 fully saturated rings. The quantitative estimate of drug-likeness (QED) is 0.492. The van der Waals surface area contributed by atoms with E-state index in [1.807, 2.05) is 60.4 Å². The molecule has 0 unspecified atom stereocenters. The summed E-state index contributed by atoms with van der Waals surface area (Å²) in [6.45, 7) is 3.45. The summed E-state index contributed by atoms with van der Waals surface area (Å²) in [5.74, 6) is 0.973. The predicted molar refractivity (Wildman–Crippen MR) is 126 cm³/mol. The molecule has 5 heteroatoms. The van der Waals surface area contributed by atoms with Crippen LogP contribution >= 0.6 is 11.8 Å². The highest BCUT2D eigenvalue weighted by atomic mass is 32.2. The van der Waals surface area contributed by atoms with Crippen LogP contribution in [0.5, 0.6) is 0 Å². The summed E-state index contributed by atoms with van der Waals surface area (Å²) in [5.41, 5.74) is 4.75. The molecule has 4 rings (SSSR count). The molecular weight excluding hydrogens is 404 g/mol. The minimum atomic E-state index is -0.127. The molecule has 158 valence electrons. The molecular formula is C26H26N2O2S. The first kappa shape index (κ1) is 21.2. The van der Waals surface area contributed by atoms with Gasteiger partial charge in [0.05, 0.1) is 0 Å². The monoisotopic (exact) mass is 430 g/mol. The van der Waals surface area contributed by atoms with Crippen molar-refractivity contribution in [1.29, 1.82) is 0 Å². The Balaban J connectivity index is 1.35. The van der Waals surface area contributed by atoms with Crippen LogP contribution in [0, 0.1) is 6.92 Å². The van der Waals surface area contributed by atoms with Gasteiger partial charge in [-0.3, -0.25) is 9.59 Å². The number of hydrogen-bond donors (Lipinski definition) is 1. The number of carbonyl (C=O) groups excluding carboxylic acids is 2. The molecule has 3 aromatic carbocycles. The topological polar surface area (TPSA) is 49.4 Å². The van der Waals surface area contributed by atoms with Crippen LogP contribution in [0.15, 0.2) is 77.7 Å². The van der Waals surface area contributed by atoms with E-state index < -0.39 is 0 Å². The molecule has 0 spiro atoms. The summed E-state index contributed by atoms with van der Waals surface area (Å²) in [6.07, 6.45) is 1.58. The maximum Gasteiger partial charge on any atom is 0.255 e. The molecule has 3 aromatic rings. The molecule has 0 aromatic heterocycles. The molecule has 0 saturated carbocycles. The lowest BCUT2D eigenvalue weighted by Gasteiger charge is -2.15. The lowest BCUT2D eigenvalue weighted by atomic mass is 10.1. The Morgan fingerprint density at radius 1 is 1.00 bits per heavy atom. The van der Waals surface area contributed by atoms with Crippen molar-refractivity contribution in [2.45, 2.75) is 37.0 Å². The summed E-state index contributed by atoms with van der Waals surface area (Å²) in [6, 6.07) is 24.0. The Labute approximate surface area is 187 Å². The maximum absolute atomic E-state index is 12.7. The summed E-state index contributed by atoms with van der Waals surface area (Å²) in [5, 5.41) is 3.02. The van der Waals surface area contributed by atoms with Crippen molar-refractivity contribution in [2.75, 3.05) is 11.9 Å². The molecule has 1 N–H and O–H groups in total. The van der Waals surface area contributed by atoms with Crippen molar-refractivity contribution in [1.82, 2.24) is 4.90 Å². The predicted octanol–water partition coefficient (Wildman–Crippen LogP) is 5.66. The fraction of sp³-hybridized carbons (Fsp3) is 0.231. The van der Waals surface area contributed by atoms with Crippen molar-refractivity contribution in [3.8, 4) is 0 Å². The zero-order chi connectivity index (χ0) is 21.6. The second kappa shape index (κ2) is 9.84. The van der Waals surface area contributed by atoms with Gasteiger partial charge >= 0.3 is 0 Å². The van der Waals surface area contributed by atoms with Crippen LogP contribution < -0.4 is 5.32 Å². The second-order valence-electron chi connectivity index (χ2n) is 7.82. The number of hydrogen-bond acceptors (Lipinski definition) is 3. The summed E-state index contributed by atoms with van der Waals surface area (Å²) >= 11 is 1.80. The molecule has 31 heavy (non-hydrogen) atoms. The Kier molecular flexibility index (Phi) is 6.73. The SMILES string of the molecule is Cc1cc(CSc2ccccc2)ccc1NC(=O)c1ccc(CN2CCCC2=O)cc1. The fourth-order valence-corrected chi connectivity index (χ4v) is 4.55. The van der Waals surface area contributed by atoms with E-state index in [0.29, 0.717) is 18.5 Å². The number of aryl methyl sites for hydroxylation is 1. The lowest BCUT2D eigenvalue weighted by Crippen LogP contribution is -2.23. The summed E-state index contributed by atoms with van der Waals surface area (Å²) in [7, 11) is 0. The van der Waals surface area contributed by atoms with Crippen molar-refractivity contribution in [3.63, 3.8) is 0 Å². The van der Waals surface area contributed by atoms with Gasteiger partial charge in [-0.2, -0.15) is 0 Å². The van der Waals surface area contributed by atoms with E-state index in [1.165, 1.54) is 10.5 Å². The minimum absolute atomic E-state index is 0.127. The lowest BCUT2D eigenvalue weighted by molar-refractivity contribution is -0.128. The summed E-state index contributed by atoms with van der Waals surface area (Å²) < 4.78 is 0. The summed E-state index contributed by atoms with van der Waals surface area (Å²) in [4.78, 5) is 27.6. The van der Waals surface area contributed by atoms with Crippen LogP contribution in [-0.4, -0.2) is 23.3 Å². The molecule has 0 aliphatic carbocycles. The highest BCUT2D eigenvalue weighted by molar-refractivity contribution is 7.98. The molecule has 1 aliphatic heterocycles. The van der Waals surface area contributed by atoms with Gasteiger partial charge < -0.3 is 10.2 Å². The van der Waals surface area contributed by atoms with Gasteiger partial charge in [0.2, 0.25) is 5.91 Å². The van der Waals surface area contributed by atoms with Crippen molar-refractivity contribution < 1.29 is 9.59 Å². The minimum Gasteiger partial charge on any atom is -0.338 e. The van der Waals surface area contributed by atoms with Crippen LogP contribution in [0.1, 0.15) is 39.9 Å². The van der Waals surface area contributed by atoms with E-state index in [1.54, 1.807) is 11.8 Å². The van der Waals surface area contributed by atoms with Crippen molar-refractivity contribution >= 4 is 29.3 Å². The van der Waals surface area contributed by atoms with Crippen LogP contribution in [0.2, 0.25) is 0 Å². The molecule has 1 saturated heterocycles. The first-order chi connectivity index (χ1) is 15.1. The Morgan fingerprint density at radius 2 is 1.74 bits per heavy atom. The fourth-order valence-electron chi connectivity index (χ4n) is 3.69. The van der Waals surface area contributed by atoms with E-state index in [2.05, 4.69) is 29.6 Å². The Morgan fingerprint density at radius 3 is 2.42 bits per heavy atom. The van der Waals surface area contributed by atoms with Gasteiger partial charge in [-0.05, 0) is 60.4 Å². The normalized spacial score (nSPS) is 13.5. The van der Waals surface area contributed by atoms with Gasteiger partial charge in [-0.1, -0.05) is 42.5 Å². The highest BCUT2D eigenvalue weighted by Crippen LogP contribution is 2.25. The molecule has 2 amide bonds. The number of nitrogens with one attached hydrogen (secondary N) is 1. The van der Waals surface area contributed by atoms with Crippen LogP contribution in [0.4, 0.5) is 5.69 Å². The average molecular weight is 431 g/mol. The van der Waals surface area contributed by atoms with E-state index in [-0.39, 0.29) is 11.8 Å². The third-order valence-corrected chi connectivity index (χ3v) is 6.53. The molecule has 0 bridgehead atoms. The first-order valence-electron chi connectivity index (χ1n) is 10.5. The number of anilines is 1. The Hall–Kier alpha value is -3.05. The van der Waals surface area contributed by atoms with Crippen LogP contribution in [0.3, 0.4) is 0 Å². The second-order valence-corrected chi connectivity index (χ2v) is 8.87. The Bertz CT molecular complexity index is 1060. The van der Waals surface area contributed by atoms with Crippen molar-refractivity contribution in [2.24, 2.45) is 0 Å². The highest BCUT2D eigenvalue weighted by Gasteiger charge is 2.20. The van der Waals surface area contributed by atoms with E-state index in [0.717, 1.165) is 35.5 Å². The standard InChI is InChI=1S/C26H26N2O2S/c1-19-16-21(18-31-23-6-3-2-4-7-23)11-14-24(19)27-26(30)22-12-9-20(10-13-22)17-28-15-5-8-25(28)29/h2-4,6-7,9-14,16H,5,8,15,17-18H2,1H3,(H,27,30). The number of benzene rings is 3. The van der Waals surface area contributed by atoms with Gasteiger partial charge in [0.15, 0.2) is 0 Å². The van der Waals surface area contributed by atoms with E-state index in [4.69, 9.17) is 0 Å². The zero-order valence-electron chi connectivity index (χ0n) is 17.6. The molecule has 1 aliphatic rings. The van der Waals surface area contributed by atoms with E-state index >= 15 is 0 Å². The first-order valence-corrected chi connectivity index (χ1v) is 11.5.